The molecule has 0 spiro atoms. The minimum absolute atomic E-state index is 0.142. The summed E-state index contributed by atoms with van der Waals surface area (Å²) in [6.07, 6.45) is 1.44. The van der Waals surface area contributed by atoms with Crippen molar-refractivity contribution >= 4 is 29.3 Å². The Bertz CT molecular complexity index is 603. The minimum atomic E-state index is -1.17. The van der Waals surface area contributed by atoms with E-state index in [1.165, 1.54) is 17.4 Å². The Kier molecular flexibility index (Phi) is 4.10. The number of rotatable bonds is 4. The highest BCUT2D eigenvalue weighted by atomic mass is 32.1. The molecule has 1 aromatic heterocycles. The molecule has 96 valence electrons. The Balaban J connectivity index is 2.19. The van der Waals surface area contributed by atoms with Gasteiger partial charge >= 0.3 is 5.97 Å². The molecule has 0 aliphatic carbocycles. The summed E-state index contributed by atoms with van der Waals surface area (Å²) in [5.41, 5.74) is 0.275. The average molecular weight is 273 g/mol. The number of nitrogens with one attached hydrogen (secondary N) is 1. The molecule has 0 fully saturated rings. The Morgan fingerprint density at radius 3 is 2.42 bits per heavy atom. The number of carboxylic acid groups (broad SMARTS) is 1. The average Bonchev–Trinajstić information content (AvgIpc) is 2.91. The first-order valence-electron chi connectivity index (χ1n) is 5.52. The monoisotopic (exact) mass is 273 g/mol. The molecule has 5 heteroatoms. The zero-order chi connectivity index (χ0) is 13.7. The van der Waals surface area contributed by atoms with Crippen LogP contribution in [0.5, 0.6) is 0 Å². The van der Waals surface area contributed by atoms with Crippen LogP contribution in [0.2, 0.25) is 0 Å². The molecule has 2 aromatic rings. The van der Waals surface area contributed by atoms with E-state index >= 15 is 0 Å². The summed E-state index contributed by atoms with van der Waals surface area (Å²) in [5, 5.41) is 13.3. The van der Waals surface area contributed by atoms with Gasteiger partial charge in [0.05, 0.1) is 0 Å². The highest BCUT2D eigenvalue weighted by Crippen LogP contribution is 2.13. The maximum atomic E-state index is 11.9. The van der Waals surface area contributed by atoms with Gasteiger partial charge in [-0.05, 0) is 29.7 Å². The summed E-state index contributed by atoms with van der Waals surface area (Å²) < 4.78 is 0. The molecule has 0 bridgehead atoms. The van der Waals surface area contributed by atoms with Crippen molar-refractivity contribution in [2.45, 2.75) is 0 Å². The number of aliphatic carboxylic acids is 1. The van der Waals surface area contributed by atoms with Crippen LogP contribution in [-0.4, -0.2) is 17.0 Å². The van der Waals surface area contributed by atoms with Crippen molar-refractivity contribution in [3.63, 3.8) is 0 Å². The van der Waals surface area contributed by atoms with Gasteiger partial charge in [0.15, 0.2) is 0 Å². The molecule has 0 radical (unpaired) electrons. The van der Waals surface area contributed by atoms with E-state index in [-0.39, 0.29) is 5.70 Å². The van der Waals surface area contributed by atoms with E-state index < -0.39 is 11.9 Å². The molecule has 0 aliphatic rings. The predicted octanol–water partition coefficient (Wildman–Crippen LogP) is 2.60. The third kappa shape index (κ3) is 3.53. The maximum absolute atomic E-state index is 11.9. The standard InChI is InChI=1S/C14H11NO3S/c16-13(10-5-2-1-3-6-10)15-12(14(17)18)9-11-7-4-8-19-11/h1-9H,(H,15,16)(H,17,18)/b12-9-. The van der Waals surface area contributed by atoms with E-state index in [1.807, 2.05) is 11.4 Å². The fraction of sp³-hybridized carbons (Fsp3) is 0. The van der Waals surface area contributed by atoms with Crippen molar-refractivity contribution in [3.8, 4) is 0 Å². The van der Waals surface area contributed by atoms with Crippen LogP contribution in [0.4, 0.5) is 0 Å². The first-order chi connectivity index (χ1) is 9.16. The zero-order valence-electron chi connectivity index (χ0n) is 9.87. The van der Waals surface area contributed by atoms with Crippen molar-refractivity contribution in [1.82, 2.24) is 5.32 Å². The van der Waals surface area contributed by atoms with E-state index in [1.54, 1.807) is 36.4 Å². The highest BCUT2D eigenvalue weighted by Gasteiger charge is 2.13. The number of hydrogen-bond donors (Lipinski definition) is 2. The zero-order valence-corrected chi connectivity index (χ0v) is 10.7. The van der Waals surface area contributed by atoms with E-state index in [0.717, 1.165) is 4.88 Å². The van der Waals surface area contributed by atoms with Crippen molar-refractivity contribution in [2.75, 3.05) is 0 Å². The Morgan fingerprint density at radius 1 is 1.11 bits per heavy atom. The van der Waals surface area contributed by atoms with Gasteiger partial charge in [0.1, 0.15) is 5.70 Å². The molecular weight excluding hydrogens is 262 g/mol. The molecule has 0 saturated carbocycles. The van der Waals surface area contributed by atoms with E-state index in [2.05, 4.69) is 5.32 Å². The van der Waals surface area contributed by atoms with Crippen LogP contribution in [0.15, 0.2) is 53.5 Å². The summed E-state index contributed by atoms with van der Waals surface area (Å²) in [6, 6.07) is 12.1. The molecule has 19 heavy (non-hydrogen) atoms. The van der Waals surface area contributed by atoms with Crippen molar-refractivity contribution < 1.29 is 14.7 Å². The van der Waals surface area contributed by atoms with Crippen LogP contribution in [-0.2, 0) is 4.79 Å². The number of carboxylic acids is 1. The molecule has 0 atom stereocenters. The second-order valence-corrected chi connectivity index (χ2v) is 4.68. The van der Waals surface area contributed by atoms with Crippen LogP contribution >= 0.6 is 11.3 Å². The summed E-state index contributed by atoms with van der Waals surface area (Å²) in [6.45, 7) is 0. The molecule has 1 amide bonds. The summed E-state index contributed by atoms with van der Waals surface area (Å²) >= 11 is 1.40. The Labute approximate surface area is 114 Å². The highest BCUT2D eigenvalue weighted by molar-refractivity contribution is 7.10. The number of hydrogen-bond acceptors (Lipinski definition) is 3. The molecule has 0 unspecified atom stereocenters. The quantitative estimate of drug-likeness (QED) is 0.841. The third-order valence-corrected chi connectivity index (χ3v) is 3.16. The van der Waals surface area contributed by atoms with Gasteiger partial charge in [0.2, 0.25) is 0 Å². The number of carbonyl (C=O) groups is 2. The molecule has 1 heterocycles. The van der Waals surface area contributed by atoms with Gasteiger partial charge in [-0.2, -0.15) is 0 Å². The predicted molar refractivity (Wildman–Crippen MR) is 73.8 cm³/mol. The lowest BCUT2D eigenvalue weighted by Gasteiger charge is -2.05. The van der Waals surface area contributed by atoms with E-state index in [4.69, 9.17) is 5.11 Å². The minimum Gasteiger partial charge on any atom is -0.477 e. The number of thiophene rings is 1. The van der Waals surface area contributed by atoms with Crippen molar-refractivity contribution in [1.29, 1.82) is 0 Å². The molecule has 2 N–H and O–H groups in total. The molecule has 0 aliphatic heterocycles. The number of carbonyl (C=O) groups excluding carboxylic acids is 1. The lowest BCUT2D eigenvalue weighted by molar-refractivity contribution is -0.132. The van der Waals surface area contributed by atoms with Gasteiger partial charge in [0.25, 0.3) is 5.91 Å². The van der Waals surface area contributed by atoms with Gasteiger partial charge in [-0.1, -0.05) is 24.3 Å². The summed E-state index contributed by atoms with van der Waals surface area (Å²) in [7, 11) is 0. The summed E-state index contributed by atoms with van der Waals surface area (Å²) in [4.78, 5) is 23.8. The van der Waals surface area contributed by atoms with Gasteiger partial charge in [-0.15, -0.1) is 11.3 Å². The van der Waals surface area contributed by atoms with Crippen LogP contribution in [0.25, 0.3) is 6.08 Å². The second kappa shape index (κ2) is 5.97. The van der Waals surface area contributed by atoms with E-state index in [0.29, 0.717) is 5.56 Å². The maximum Gasteiger partial charge on any atom is 0.352 e. The normalized spacial score (nSPS) is 11.1. The van der Waals surface area contributed by atoms with Gasteiger partial charge in [-0.3, -0.25) is 4.79 Å². The van der Waals surface area contributed by atoms with Crippen LogP contribution < -0.4 is 5.32 Å². The molecule has 1 aromatic carbocycles. The number of amides is 1. The first kappa shape index (κ1) is 13.0. The van der Waals surface area contributed by atoms with Crippen LogP contribution in [0, 0.1) is 0 Å². The van der Waals surface area contributed by atoms with Crippen LogP contribution in [0.3, 0.4) is 0 Å². The second-order valence-electron chi connectivity index (χ2n) is 3.70. The smallest absolute Gasteiger partial charge is 0.352 e. The van der Waals surface area contributed by atoms with Gasteiger partial charge < -0.3 is 10.4 Å². The van der Waals surface area contributed by atoms with E-state index in [9.17, 15) is 9.59 Å². The largest absolute Gasteiger partial charge is 0.477 e. The summed E-state index contributed by atoms with van der Waals surface area (Å²) in [5.74, 6) is -1.61. The van der Waals surface area contributed by atoms with Crippen LogP contribution in [0.1, 0.15) is 15.2 Å². The topological polar surface area (TPSA) is 66.4 Å². The SMILES string of the molecule is O=C(O)/C(=C/c1cccs1)NC(=O)c1ccccc1. The fourth-order valence-corrected chi connectivity index (χ4v) is 2.11. The van der Waals surface area contributed by atoms with Crippen molar-refractivity contribution in [2.24, 2.45) is 0 Å². The third-order valence-electron chi connectivity index (χ3n) is 2.34. The molecule has 0 saturated heterocycles. The van der Waals surface area contributed by atoms with Gasteiger partial charge in [0, 0.05) is 10.4 Å². The molecule has 4 nitrogen and oxygen atoms in total. The lowest BCUT2D eigenvalue weighted by atomic mass is 10.2. The molecule has 2 rings (SSSR count). The lowest BCUT2D eigenvalue weighted by Crippen LogP contribution is -2.27. The van der Waals surface area contributed by atoms with Gasteiger partial charge in [-0.25, -0.2) is 4.79 Å². The fourth-order valence-electron chi connectivity index (χ4n) is 1.45. The molecular formula is C14H11NO3S. The first-order valence-corrected chi connectivity index (χ1v) is 6.39. The van der Waals surface area contributed by atoms with Crippen molar-refractivity contribution in [3.05, 3.63) is 64.0 Å². The Hall–Kier alpha value is -2.40. The Morgan fingerprint density at radius 2 is 1.84 bits per heavy atom. The number of benzene rings is 1.